The summed E-state index contributed by atoms with van der Waals surface area (Å²) in [6.07, 6.45) is 0. The van der Waals surface area contributed by atoms with Gasteiger partial charge in [0.1, 0.15) is 17.0 Å². The Balaban J connectivity index is 2.15. The number of fused-ring (bicyclic) bond motifs is 1. The topological polar surface area (TPSA) is 48.2 Å². The van der Waals surface area contributed by atoms with Crippen molar-refractivity contribution >= 4 is 11.1 Å². The van der Waals surface area contributed by atoms with Crippen molar-refractivity contribution in [1.82, 2.24) is 10.1 Å². The molecule has 2 heterocycles. The molecule has 0 saturated heterocycles. The standard InChI is InChI=1S/C14H12N2O2/c1-9-14-13(18-16-9)7-6-12(15-14)10-4-3-5-11(8-10)17-2/h3-8H,1-2H3. The maximum atomic E-state index is 5.21. The zero-order chi connectivity index (χ0) is 12.5. The van der Waals surface area contributed by atoms with E-state index in [1.165, 1.54) is 0 Å². The van der Waals surface area contributed by atoms with E-state index in [-0.39, 0.29) is 0 Å². The van der Waals surface area contributed by atoms with Crippen LogP contribution >= 0.6 is 0 Å². The van der Waals surface area contributed by atoms with Crippen LogP contribution in [0.5, 0.6) is 5.75 Å². The molecule has 0 atom stereocenters. The highest BCUT2D eigenvalue weighted by molar-refractivity contribution is 5.78. The van der Waals surface area contributed by atoms with Gasteiger partial charge in [0, 0.05) is 5.56 Å². The highest BCUT2D eigenvalue weighted by atomic mass is 16.5. The Morgan fingerprint density at radius 3 is 2.89 bits per heavy atom. The van der Waals surface area contributed by atoms with Crippen LogP contribution in [0.1, 0.15) is 5.69 Å². The molecule has 0 spiro atoms. The number of aromatic nitrogens is 2. The molecule has 90 valence electrons. The maximum Gasteiger partial charge on any atom is 0.185 e. The van der Waals surface area contributed by atoms with Gasteiger partial charge in [-0.05, 0) is 31.2 Å². The first-order valence-corrected chi connectivity index (χ1v) is 5.65. The van der Waals surface area contributed by atoms with Gasteiger partial charge in [0.05, 0.1) is 12.8 Å². The molecule has 3 aromatic rings. The molecule has 0 aliphatic carbocycles. The van der Waals surface area contributed by atoms with E-state index in [2.05, 4.69) is 10.1 Å². The van der Waals surface area contributed by atoms with Gasteiger partial charge in [-0.1, -0.05) is 17.3 Å². The number of hydrogen-bond donors (Lipinski definition) is 0. The van der Waals surface area contributed by atoms with Crippen LogP contribution in [0.15, 0.2) is 40.9 Å². The van der Waals surface area contributed by atoms with E-state index in [1.54, 1.807) is 7.11 Å². The first-order chi connectivity index (χ1) is 8.78. The van der Waals surface area contributed by atoms with Crippen LogP contribution in [-0.4, -0.2) is 17.3 Å². The second-order valence-electron chi connectivity index (χ2n) is 4.04. The fraction of sp³-hybridized carbons (Fsp3) is 0.143. The molecule has 0 aliphatic rings. The Bertz CT molecular complexity index is 704. The zero-order valence-corrected chi connectivity index (χ0v) is 10.2. The first kappa shape index (κ1) is 10.8. The van der Waals surface area contributed by atoms with Crippen LogP contribution < -0.4 is 4.74 Å². The quantitative estimate of drug-likeness (QED) is 0.690. The molecule has 0 radical (unpaired) electrons. The molecular formula is C14H12N2O2. The molecule has 0 fully saturated rings. The summed E-state index contributed by atoms with van der Waals surface area (Å²) in [6.45, 7) is 1.88. The fourth-order valence-electron chi connectivity index (χ4n) is 1.88. The van der Waals surface area contributed by atoms with Crippen LogP contribution in [-0.2, 0) is 0 Å². The van der Waals surface area contributed by atoms with E-state index >= 15 is 0 Å². The average Bonchev–Trinajstić information content (AvgIpc) is 2.80. The Labute approximate surface area is 104 Å². The van der Waals surface area contributed by atoms with E-state index in [1.807, 2.05) is 43.3 Å². The first-order valence-electron chi connectivity index (χ1n) is 5.65. The number of rotatable bonds is 2. The third-order valence-corrected chi connectivity index (χ3v) is 2.85. The molecule has 0 amide bonds. The van der Waals surface area contributed by atoms with Gasteiger partial charge in [0.2, 0.25) is 0 Å². The van der Waals surface area contributed by atoms with E-state index < -0.39 is 0 Å². The largest absolute Gasteiger partial charge is 0.497 e. The highest BCUT2D eigenvalue weighted by Gasteiger charge is 2.08. The van der Waals surface area contributed by atoms with Gasteiger partial charge in [-0.25, -0.2) is 4.98 Å². The van der Waals surface area contributed by atoms with Crippen molar-refractivity contribution in [2.75, 3.05) is 7.11 Å². The predicted octanol–water partition coefficient (Wildman–Crippen LogP) is 3.21. The van der Waals surface area contributed by atoms with Crippen molar-refractivity contribution in [3.05, 3.63) is 42.1 Å². The molecule has 0 bridgehead atoms. The molecule has 1 aromatic carbocycles. The lowest BCUT2D eigenvalue weighted by Gasteiger charge is -2.03. The molecule has 2 aromatic heterocycles. The smallest absolute Gasteiger partial charge is 0.185 e. The maximum absolute atomic E-state index is 5.21. The van der Waals surface area contributed by atoms with Crippen molar-refractivity contribution < 1.29 is 9.26 Å². The summed E-state index contributed by atoms with van der Waals surface area (Å²) in [4.78, 5) is 4.57. The summed E-state index contributed by atoms with van der Waals surface area (Å²) in [5.41, 5.74) is 4.20. The molecule has 0 unspecified atom stereocenters. The third-order valence-electron chi connectivity index (χ3n) is 2.85. The summed E-state index contributed by atoms with van der Waals surface area (Å²) >= 11 is 0. The van der Waals surface area contributed by atoms with Crippen LogP contribution in [0.4, 0.5) is 0 Å². The van der Waals surface area contributed by atoms with Crippen LogP contribution in [0.2, 0.25) is 0 Å². The van der Waals surface area contributed by atoms with Gasteiger partial charge in [-0.15, -0.1) is 0 Å². The SMILES string of the molecule is COc1cccc(-c2ccc3onc(C)c3n2)c1. The minimum Gasteiger partial charge on any atom is -0.497 e. The van der Waals surface area contributed by atoms with E-state index in [0.29, 0.717) is 5.58 Å². The van der Waals surface area contributed by atoms with Crippen LogP contribution in [0.25, 0.3) is 22.4 Å². The normalized spacial score (nSPS) is 10.8. The summed E-state index contributed by atoms with van der Waals surface area (Å²) in [6, 6.07) is 11.6. The number of ether oxygens (including phenoxy) is 1. The van der Waals surface area contributed by atoms with E-state index in [0.717, 1.165) is 28.2 Å². The van der Waals surface area contributed by atoms with Gasteiger partial charge in [0.15, 0.2) is 5.58 Å². The van der Waals surface area contributed by atoms with E-state index in [9.17, 15) is 0 Å². The minimum absolute atomic E-state index is 0.708. The van der Waals surface area contributed by atoms with Crippen molar-refractivity contribution in [3.8, 4) is 17.0 Å². The second-order valence-corrected chi connectivity index (χ2v) is 4.04. The molecular weight excluding hydrogens is 228 g/mol. The summed E-state index contributed by atoms with van der Waals surface area (Å²) in [5.74, 6) is 0.816. The average molecular weight is 240 g/mol. The molecule has 3 rings (SSSR count). The molecule has 0 saturated carbocycles. The third kappa shape index (κ3) is 1.72. The molecule has 4 nitrogen and oxygen atoms in total. The van der Waals surface area contributed by atoms with Crippen molar-refractivity contribution in [1.29, 1.82) is 0 Å². The molecule has 0 N–H and O–H groups in total. The molecule has 18 heavy (non-hydrogen) atoms. The molecule has 0 aliphatic heterocycles. The number of nitrogens with zero attached hydrogens (tertiary/aromatic N) is 2. The van der Waals surface area contributed by atoms with Crippen molar-refractivity contribution in [3.63, 3.8) is 0 Å². The van der Waals surface area contributed by atoms with Gasteiger partial charge >= 0.3 is 0 Å². The number of pyridine rings is 1. The summed E-state index contributed by atoms with van der Waals surface area (Å²) in [5, 5.41) is 3.90. The van der Waals surface area contributed by atoms with E-state index in [4.69, 9.17) is 9.26 Å². The highest BCUT2D eigenvalue weighted by Crippen LogP contribution is 2.25. The van der Waals surface area contributed by atoms with Crippen LogP contribution in [0.3, 0.4) is 0 Å². The molecule has 4 heteroatoms. The van der Waals surface area contributed by atoms with Gasteiger partial charge in [-0.3, -0.25) is 0 Å². The number of methoxy groups -OCH3 is 1. The number of aryl methyl sites for hydroxylation is 1. The Kier molecular flexibility index (Phi) is 2.48. The lowest BCUT2D eigenvalue weighted by atomic mass is 10.1. The predicted molar refractivity (Wildman–Crippen MR) is 68.5 cm³/mol. The van der Waals surface area contributed by atoms with Crippen molar-refractivity contribution in [2.45, 2.75) is 6.92 Å². The Hall–Kier alpha value is -2.36. The number of hydrogen-bond acceptors (Lipinski definition) is 4. The lowest BCUT2D eigenvalue weighted by Crippen LogP contribution is -1.87. The van der Waals surface area contributed by atoms with Crippen molar-refractivity contribution in [2.24, 2.45) is 0 Å². The van der Waals surface area contributed by atoms with Crippen LogP contribution in [0, 0.1) is 6.92 Å². The van der Waals surface area contributed by atoms with Gasteiger partial charge < -0.3 is 9.26 Å². The monoisotopic (exact) mass is 240 g/mol. The lowest BCUT2D eigenvalue weighted by molar-refractivity contribution is 0.415. The summed E-state index contributed by atoms with van der Waals surface area (Å²) < 4.78 is 10.4. The Morgan fingerprint density at radius 2 is 2.06 bits per heavy atom. The summed E-state index contributed by atoms with van der Waals surface area (Å²) in [7, 11) is 1.65. The van der Waals surface area contributed by atoms with Gasteiger partial charge in [-0.2, -0.15) is 0 Å². The second kappa shape index (κ2) is 4.14. The zero-order valence-electron chi connectivity index (χ0n) is 10.2. The minimum atomic E-state index is 0.708. The van der Waals surface area contributed by atoms with Gasteiger partial charge in [0.25, 0.3) is 0 Å². The Morgan fingerprint density at radius 1 is 1.17 bits per heavy atom. The fourth-order valence-corrected chi connectivity index (χ4v) is 1.88. The number of benzene rings is 1.